The third kappa shape index (κ3) is 5.62. The summed E-state index contributed by atoms with van der Waals surface area (Å²) in [4.78, 5) is 12.2. The highest BCUT2D eigenvalue weighted by Crippen LogP contribution is 2.16. The number of hydrogen-bond acceptors (Lipinski definition) is 5. The summed E-state index contributed by atoms with van der Waals surface area (Å²) >= 11 is 0. The van der Waals surface area contributed by atoms with Gasteiger partial charge in [0.2, 0.25) is 15.9 Å². The van der Waals surface area contributed by atoms with Crippen molar-refractivity contribution in [1.82, 2.24) is 10.0 Å². The fourth-order valence-electron chi connectivity index (χ4n) is 3.16. The van der Waals surface area contributed by atoms with Crippen LogP contribution in [0.5, 0.6) is 0 Å². The summed E-state index contributed by atoms with van der Waals surface area (Å²) in [5.74, 6) is -1.80. The van der Waals surface area contributed by atoms with Gasteiger partial charge in [-0.15, -0.1) is 0 Å². The van der Waals surface area contributed by atoms with Crippen molar-refractivity contribution in [3.05, 3.63) is 66.0 Å². The molecule has 1 saturated heterocycles. The third-order valence-electron chi connectivity index (χ3n) is 4.60. The molecule has 2 atom stereocenters. The van der Waals surface area contributed by atoms with E-state index in [0.717, 1.165) is 12.1 Å². The Labute approximate surface area is 169 Å². The molecule has 1 heterocycles. The Kier molecular flexibility index (Phi) is 6.35. The molecule has 0 spiro atoms. The molecule has 2 N–H and O–H groups in total. The first kappa shape index (κ1) is 21.4. The molecule has 0 aliphatic carbocycles. The Hall–Kier alpha value is -2.30. The van der Waals surface area contributed by atoms with Crippen LogP contribution in [-0.2, 0) is 31.1 Å². The molecule has 2 aromatic rings. The number of rotatable bonds is 7. The molecule has 0 radical (unpaired) electrons. The Balaban J connectivity index is 1.83. The van der Waals surface area contributed by atoms with Gasteiger partial charge in [0.1, 0.15) is 16.8 Å². The van der Waals surface area contributed by atoms with Crippen molar-refractivity contribution in [3.63, 3.8) is 0 Å². The first-order valence-electron chi connectivity index (χ1n) is 8.98. The van der Waals surface area contributed by atoms with Crippen LogP contribution in [0.2, 0.25) is 0 Å². The molecule has 2 aromatic carbocycles. The van der Waals surface area contributed by atoms with Gasteiger partial charge in [-0.3, -0.25) is 4.79 Å². The van der Waals surface area contributed by atoms with E-state index in [1.807, 2.05) is 0 Å². The van der Waals surface area contributed by atoms with E-state index in [-0.39, 0.29) is 24.3 Å². The van der Waals surface area contributed by atoms with Gasteiger partial charge in [-0.2, -0.15) is 4.72 Å². The lowest BCUT2D eigenvalue weighted by Crippen LogP contribution is -2.51. The van der Waals surface area contributed by atoms with Crippen molar-refractivity contribution < 1.29 is 26.0 Å². The van der Waals surface area contributed by atoms with Gasteiger partial charge in [0.25, 0.3) is 0 Å². The normalized spacial score (nSPS) is 19.6. The van der Waals surface area contributed by atoms with Gasteiger partial charge < -0.3 is 5.32 Å². The highest BCUT2D eigenvalue weighted by Gasteiger charge is 2.33. The van der Waals surface area contributed by atoms with Crippen molar-refractivity contribution >= 4 is 25.8 Å². The van der Waals surface area contributed by atoms with Gasteiger partial charge in [-0.25, -0.2) is 21.2 Å². The van der Waals surface area contributed by atoms with E-state index in [9.17, 15) is 26.0 Å². The summed E-state index contributed by atoms with van der Waals surface area (Å²) in [6.07, 6.45) is 0.298. The second kappa shape index (κ2) is 8.60. The van der Waals surface area contributed by atoms with Crippen molar-refractivity contribution in [1.29, 1.82) is 0 Å². The maximum atomic E-state index is 14.0. The van der Waals surface area contributed by atoms with E-state index >= 15 is 0 Å². The van der Waals surface area contributed by atoms with Gasteiger partial charge in [-0.1, -0.05) is 42.5 Å². The van der Waals surface area contributed by atoms with Crippen LogP contribution in [0.1, 0.15) is 12.0 Å². The van der Waals surface area contributed by atoms with Crippen LogP contribution in [0, 0.1) is 5.82 Å². The van der Waals surface area contributed by atoms with Crippen LogP contribution < -0.4 is 10.0 Å². The van der Waals surface area contributed by atoms with E-state index < -0.39 is 48.6 Å². The summed E-state index contributed by atoms with van der Waals surface area (Å²) in [7, 11) is -7.53. The van der Waals surface area contributed by atoms with Crippen molar-refractivity contribution in [3.8, 4) is 0 Å². The molecule has 3 rings (SSSR count). The minimum absolute atomic E-state index is 0.0255. The molecule has 1 aliphatic rings. The average molecular weight is 441 g/mol. The molecule has 156 valence electrons. The second-order valence-corrected chi connectivity index (χ2v) is 10.8. The Bertz CT molecular complexity index is 1090. The fourth-order valence-corrected chi connectivity index (χ4v) is 6.11. The summed E-state index contributed by atoms with van der Waals surface area (Å²) in [6, 6.07) is 11.8. The first-order chi connectivity index (χ1) is 13.7. The van der Waals surface area contributed by atoms with Crippen LogP contribution in [0.4, 0.5) is 4.39 Å². The minimum Gasteiger partial charge on any atom is -0.351 e. The number of hydrogen-bond donors (Lipinski definition) is 2. The third-order valence-corrected chi connectivity index (χ3v) is 7.87. The van der Waals surface area contributed by atoms with Crippen LogP contribution in [-0.4, -0.2) is 46.3 Å². The average Bonchev–Trinajstić information content (AvgIpc) is 3.00. The number of sulfone groups is 1. The van der Waals surface area contributed by atoms with E-state index in [0.29, 0.717) is 5.56 Å². The van der Waals surface area contributed by atoms with E-state index in [1.165, 1.54) is 12.1 Å². The van der Waals surface area contributed by atoms with Crippen LogP contribution >= 0.6 is 0 Å². The van der Waals surface area contributed by atoms with Crippen molar-refractivity contribution in [2.45, 2.75) is 29.8 Å². The zero-order chi connectivity index (χ0) is 21.1. The van der Waals surface area contributed by atoms with Gasteiger partial charge in [0.05, 0.1) is 11.5 Å². The van der Waals surface area contributed by atoms with Crippen LogP contribution in [0.3, 0.4) is 0 Å². The predicted molar refractivity (Wildman–Crippen MR) is 106 cm³/mol. The maximum Gasteiger partial charge on any atom is 0.244 e. The van der Waals surface area contributed by atoms with E-state index in [2.05, 4.69) is 10.0 Å². The molecular weight excluding hydrogens is 419 g/mol. The number of halogens is 1. The number of nitrogens with one attached hydrogen (secondary N) is 2. The highest BCUT2D eigenvalue weighted by atomic mass is 32.2. The molecule has 10 heteroatoms. The summed E-state index contributed by atoms with van der Waals surface area (Å²) < 4.78 is 64.9. The SMILES string of the molecule is O=C(N[C@@H]1CCS(=O)(=O)C1)[C@@H](Cc1ccccc1)NS(=O)(=O)c1ccccc1F. The lowest BCUT2D eigenvalue weighted by atomic mass is 10.1. The number of sulfonamides is 1. The molecule has 1 fully saturated rings. The highest BCUT2D eigenvalue weighted by molar-refractivity contribution is 7.91. The molecule has 7 nitrogen and oxygen atoms in total. The van der Waals surface area contributed by atoms with Crippen LogP contribution in [0.15, 0.2) is 59.5 Å². The Morgan fingerprint density at radius 2 is 1.76 bits per heavy atom. The second-order valence-electron chi connectivity index (χ2n) is 6.90. The lowest BCUT2D eigenvalue weighted by molar-refractivity contribution is -0.123. The molecule has 0 unspecified atom stereocenters. The Morgan fingerprint density at radius 1 is 1.10 bits per heavy atom. The molecule has 0 bridgehead atoms. The summed E-state index contributed by atoms with van der Waals surface area (Å²) in [6.45, 7) is 0. The largest absolute Gasteiger partial charge is 0.351 e. The molecule has 0 saturated carbocycles. The minimum atomic E-state index is -4.32. The van der Waals surface area contributed by atoms with Crippen LogP contribution in [0.25, 0.3) is 0 Å². The van der Waals surface area contributed by atoms with Gasteiger partial charge in [-0.05, 0) is 30.5 Å². The predicted octanol–water partition coefficient (Wildman–Crippen LogP) is 1.02. The maximum absolute atomic E-state index is 14.0. The zero-order valence-electron chi connectivity index (χ0n) is 15.4. The molecular formula is C19H21FN2O5S2. The molecule has 29 heavy (non-hydrogen) atoms. The van der Waals surface area contributed by atoms with Gasteiger partial charge in [0.15, 0.2) is 9.84 Å². The van der Waals surface area contributed by atoms with E-state index in [4.69, 9.17) is 0 Å². The Morgan fingerprint density at radius 3 is 2.38 bits per heavy atom. The summed E-state index contributed by atoms with van der Waals surface area (Å²) in [5.41, 5.74) is 0.697. The van der Waals surface area contributed by atoms with Crippen molar-refractivity contribution in [2.75, 3.05) is 11.5 Å². The van der Waals surface area contributed by atoms with Gasteiger partial charge >= 0.3 is 0 Å². The number of amides is 1. The smallest absolute Gasteiger partial charge is 0.244 e. The monoisotopic (exact) mass is 440 g/mol. The van der Waals surface area contributed by atoms with Gasteiger partial charge in [0, 0.05) is 6.04 Å². The number of carbonyl (C=O) groups excluding carboxylic acids is 1. The lowest BCUT2D eigenvalue weighted by Gasteiger charge is -2.21. The number of carbonyl (C=O) groups is 1. The quantitative estimate of drug-likeness (QED) is 0.668. The summed E-state index contributed by atoms with van der Waals surface area (Å²) in [5, 5.41) is 2.60. The van der Waals surface area contributed by atoms with E-state index in [1.54, 1.807) is 30.3 Å². The fraction of sp³-hybridized carbons (Fsp3) is 0.316. The molecule has 1 aliphatic heterocycles. The molecule has 1 amide bonds. The first-order valence-corrected chi connectivity index (χ1v) is 12.3. The number of benzene rings is 2. The standard InChI is InChI=1S/C19H21FN2O5S2/c20-16-8-4-5-9-18(16)29(26,27)22-17(12-14-6-2-1-3-7-14)19(23)21-15-10-11-28(24,25)13-15/h1-9,15,17,22H,10-13H2,(H,21,23)/t15-,17-/m1/s1. The molecule has 0 aromatic heterocycles. The van der Waals surface area contributed by atoms with Crippen molar-refractivity contribution in [2.24, 2.45) is 0 Å². The topological polar surface area (TPSA) is 109 Å². The zero-order valence-corrected chi connectivity index (χ0v) is 17.0.